The normalized spacial score (nSPS) is 37.6. The standard InChI is InChI=1S/C14H22O4S.C14H18O2.C9H12O2.2C7H14O2.6CH4/c1-4-14(2,3)12(15)7-9-8-5-10-11(6-8)19(16,17)18-13(9)10;15-14-13-9-4-8(10(13)5-16-14)11-6-1-2-7(3-6)12(9)11;10-9-8-6-2-1-5(3-6)7(8)4-11-9;2*1-5-7(2,3)6(8)9-4;;;;;;/h8-11,13H,4-7H2,1-3H3;6-13H,1-5H2;5-8H,1-4H2;2*5H2,1-4H3;6*1H4. The van der Waals surface area contributed by atoms with Crippen LogP contribution in [-0.2, 0) is 57.2 Å². The molecule has 11 rings (SSSR count). The fourth-order valence-corrected chi connectivity index (χ4v) is 16.6. The van der Waals surface area contributed by atoms with Gasteiger partial charge in [-0.3, -0.25) is 28.2 Å². The van der Waals surface area contributed by atoms with Crippen molar-refractivity contribution >= 4 is 39.8 Å². The molecule has 17 atom stereocenters. The van der Waals surface area contributed by atoms with Crippen molar-refractivity contribution in [2.45, 2.75) is 202 Å². The Kier molecular flexibility index (Phi) is 23.1. The third kappa shape index (κ3) is 11.9. The number of cyclic esters (lactones) is 2. The monoisotopic (exact) mass is 1010 g/mol. The van der Waals surface area contributed by atoms with E-state index in [9.17, 15) is 32.4 Å². The number of ether oxygens (including phenoxy) is 4. The Bertz CT molecular complexity index is 1860. The van der Waals surface area contributed by atoms with Crippen LogP contribution in [0.3, 0.4) is 0 Å². The van der Waals surface area contributed by atoms with Crippen molar-refractivity contribution in [2.24, 2.45) is 105 Å². The van der Waals surface area contributed by atoms with Gasteiger partial charge in [0.15, 0.2) is 0 Å². The first-order valence-corrected chi connectivity index (χ1v) is 26.5. The van der Waals surface area contributed by atoms with Gasteiger partial charge in [0.2, 0.25) is 0 Å². The van der Waals surface area contributed by atoms with Crippen LogP contribution in [0.4, 0.5) is 0 Å². The zero-order valence-electron chi connectivity index (χ0n) is 40.7. The van der Waals surface area contributed by atoms with Gasteiger partial charge in [0.1, 0.15) is 5.78 Å². The maximum atomic E-state index is 12.4. The molecule has 0 amide bonds. The molecule has 3 saturated heterocycles. The molecule has 0 aromatic rings. The van der Waals surface area contributed by atoms with E-state index >= 15 is 0 Å². The fraction of sp³-hybridized carbons (Fsp3) is 0.912. The minimum Gasteiger partial charge on any atom is -0.469 e. The van der Waals surface area contributed by atoms with E-state index < -0.39 is 10.1 Å². The molecule has 0 aromatic heterocycles. The van der Waals surface area contributed by atoms with Crippen molar-refractivity contribution in [3.05, 3.63) is 0 Å². The molecule has 0 aromatic carbocycles. The van der Waals surface area contributed by atoms with E-state index in [4.69, 9.17) is 13.7 Å². The lowest BCUT2D eigenvalue weighted by atomic mass is 9.64. The van der Waals surface area contributed by atoms with Crippen molar-refractivity contribution in [1.82, 2.24) is 0 Å². The van der Waals surface area contributed by atoms with Gasteiger partial charge < -0.3 is 18.9 Å². The molecule has 3 heterocycles. The number of carbonyl (C=O) groups is 5. The quantitative estimate of drug-likeness (QED) is 0.0979. The first-order valence-electron chi connectivity index (χ1n) is 25.0. The molecule has 8 aliphatic carbocycles. The third-order valence-corrected chi connectivity index (χ3v) is 21.3. The first kappa shape index (κ1) is 65.5. The Labute approximate surface area is 427 Å². The maximum Gasteiger partial charge on any atom is 0.311 e. The van der Waals surface area contributed by atoms with Gasteiger partial charge in [0.25, 0.3) is 10.1 Å². The number of methoxy groups -OCH3 is 2. The summed E-state index contributed by atoms with van der Waals surface area (Å²) in [5, 5.41) is -0.284. The van der Waals surface area contributed by atoms with Crippen LogP contribution in [0, 0.1) is 105 Å². The van der Waals surface area contributed by atoms with Crippen molar-refractivity contribution in [3.63, 3.8) is 0 Å². The topological polar surface area (TPSA) is 166 Å². The van der Waals surface area contributed by atoms with Crippen LogP contribution in [0.5, 0.6) is 0 Å². The van der Waals surface area contributed by atoms with E-state index in [0.717, 1.165) is 80.3 Å². The third-order valence-electron chi connectivity index (χ3n) is 19.5. The van der Waals surface area contributed by atoms with Crippen LogP contribution < -0.4 is 0 Å². The molecule has 0 radical (unpaired) electrons. The minimum absolute atomic E-state index is 0. The molecule has 11 fully saturated rings. The number of ketones is 1. The Balaban J connectivity index is 0.000000443. The van der Waals surface area contributed by atoms with Crippen molar-refractivity contribution in [2.75, 3.05) is 27.4 Å². The van der Waals surface area contributed by atoms with E-state index in [2.05, 4.69) is 9.47 Å². The van der Waals surface area contributed by atoms with Crippen LogP contribution in [0.1, 0.15) is 190 Å². The molecule has 12 nitrogen and oxygen atoms in total. The second kappa shape index (κ2) is 24.7. The highest BCUT2D eigenvalue weighted by Gasteiger charge is 2.69. The second-order valence-electron chi connectivity index (χ2n) is 23.5. The molecular formula is C57H104O12S. The number of rotatable bonds is 8. The number of hydrogen-bond donors (Lipinski definition) is 0. The summed E-state index contributed by atoms with van der Waals surface area (Å²) in [6.45, 7) is 18.9. The van der Waals surface area contributed by atoms with E-state index in [1.54, 1.807) is 0 Å². The average molecular weight is 1010 g/mol. The highest BCUT2D eigenvalue weighted by atomic mass is 32.2. The van der Waals surface area contributed by atoms with Crippen LogP contribution in [0.2, 0.25) is 0 Å². The lowest BCUT2D eigenvalue weighted by molar-refractivity contribution is -0.151. The Hall–Kier alpha value is -2.54. The van der Waals surface area contributed by atoms with Gasteiger partial charge in [-0.05, 0) is 164 Å². The summed E-state index contributed by atoms with van der Waals surface area (Å²) >= 11 is 0. The van der Waals surface area contributed by atoms with Gasteiger partial charge in [0, 0.05) is 29.6 Å². The van der Waals surface area contributed by atoms with E-state index in [1.165, 1.54) is 59.2 Å². The zero-order valence-corrected chi connectivity index (χ0v) is 41.5. The molecule has 13 heteroatoms. The predicted octanol–water partition coefficient (Wildman–Crippen LogP) is 12.4. The van der Waals surface area contributed by atoms with E-state index in [-0.39, 0.29) is 114 Å². The molecule has 8 bridgehead atoms. The average Bonchev–Trinajstić information content (AvgIpc) is 4.12. The van der Waals surface area contributed by atoms with Gasteiger partial charge in [-0.25, -0.2) is 0 Å². The summed E-state index contributed by atoms with van der Waals surface area (Å²) < 4.78 is 48.5. The molecule has 3 aliphatic heterocycles. The Morgan fingerprint density at radius 3 is 1.49 bits per heavy atom. The molecule has 410 valence electrons. The van der Waals surface area contributed by atoms with Gasteiger partial charge in [-0.15, -0.1) is 0 Å². The van der Waals surface area contributed by atoms with Gasteiger partial charge in [-0.2, -0.15) is 8.42 Å². The van der Waals surface area contributed by atoms with Crippen molar-refractivity contribution in [3.8, 4) is 0 Å². The summed E-state index contributed by atoms with van der Waals surface area (Å²) in [5.41, 5.74) is -0.928. The highest BCUT2D eigenvalue weighted by Crippen LogP contribution is 2.71. The highest BCUT2D eigenvalue weighted by molar-refractivity contribution is 7.87. The summed E-state index contributed by atoms with van der Waals surface area (Å²) in [6, 6.07) is 0. The first-order chi connectivity index (χ1) is 30.0. The second-order valence-corrected chi connectivity index (χ2v) is 25.3. The number of carbonyl (C=O) groups excluding carboxylic acids is 5. The molecule has 8 saturated carbocycles. The molecule has 17 unspecified atom stereocenters. The smallest absolute Gasteiger partial charge is 0.311 e. The predicted molar refractivity (Wildman–Crippen MR) is 280 cm³/mol. The van der Waals surface area contributed by atoms with Crippen LogP contribution in [-0.4, -0.2) is 76.9 Å². The summed E-state index contributed by atoms with van der Waals surface area (Å²) in [4.78, 5) is 57.1. The number of hydrogen-bond acceptors (Lipinski definition) is 12. The lowest BCUT2D eigenvalue weighted by Crippen LogP contribution is -2.38. The SMILES string of the molecule is C.C.C.C.C.C.CCC(C)(C)C(=O)CC1C2CC3C1OS(=O)(=O)C3C2.CCC(C)(C)C(=O)OC.CCC(C)(C)C(=O)OC.O=C1OCC2C3CC(C12)C1C2CCC(C2)C31.O=C1OCC2C3CCC(C3)C12. The molecular weight excluding hydrogens is 909 g/mol. The Morgan fingerprint density at radius 2 is 1.00 bits per heavy atom. The van der Waals surface area contributed by atoms with E-state index in [0.29, 0.717) is 48.3 Å². The molecule has 11 aliphatic rings. The molecule has 70 heavy (non-hydrogen) atoms. The van der Waals surface area contributed by atoms with E-state index in [1.807, 2.05) is 62.3 Å². The summed E-state index contributed by atoms with van der Waals surface area (Å²) in [5.74, 6) is 9.80. The largest absolute Gasteiger partial charge is 0.469 e. The lowest BCUT2D eigenvalue weighted by Gasteiger charge is -2.38. The fourth-order valence-electron chi connectivity index (χ4n) is 14.7. The summed E-state index contributed by atoms with van der Waals surface area (Å²) in [7, 11) is -0.520. The van der Waals surface area contributed by atoms with Gasteiger partial charge in [-0.1, -0.05) is 79.2 Å². The van der Waals surface area contributed by atoms with Crippen LogP contribution in [0.15, 0.2) is 0 Å². The maximum absolute atomic E-state index is 12.4. The van der Waals surface area contributed by atoms with Crippen LogP contribution >= 0.6 is 0 Å². The molecule has 0 spiro atoms. The molecule has 0 N–H and O–H groups in total. The number of Topliss-reactive ketones (excluding diaryl/α,β-unsaturated/α-hetero) is 1. The summed E-state index contributed by atoms with van der Waals surface area (Å²) in [6.07, 6.45) is 14.1. The zero-order chi connectivity index (χ0) is 46.8. The van der Waals surface area contributed by atoms with Crippen LogP contribution in [0.25, 0.3) is 0 Å². The van der Waals surface area contributed by atoms with Gasteiger partial charge >= 0.3 is 23.9 Å². The Morgan fingerprint density at radius 1 is 0.543 bits per heavy atom. The number of fused-ring (bicyclic) bond motifs is 18. The minimum atomic E-state index is -3.35. The van der Waals surface area contributed by atoms with Crippen molar-refractivity contribution < 1.29 is 55.5 Å². The van der Waals surface area contributed by atoms with Gasteiger partial charge in [0.05, 0.1) is 61.5 Å². The number of esters is 4. The van der Waals surface area contributed by atoms with Crippen molar-refractivity contribution in [1.29, 1.82) is 0 Å².